The van der Waals surface area contributed by atoms with Gasteiger partial charge in [-0.2, -0.15) is 0 Å². The molecule has 2 atom stereocenters. The lowest BCUT2D eigenvalue weighted by atomic mass is 10.1. The van der Waals surface area contributed by atoms with E-state index in [9.17, 15) is 9.18 Å². The summed E-state index contributed by atoms with van der Waals surface area (Å²) in [5.41, 5.74) is 2.51. The lowest BCUT2D eigenvalue weighted by Crippen LogP contribution is -2.44. The minimum absolute atomic E-state index is 0.214. The molecular formula is C20H24FN3O2S. The Hall–Kier alpha value is -2.09. The Labute approximate surface area is 162 Å². The average molecular weight is 389 g/mol. The van der Waals surface area contributed by atoms with Gasteiger partial charge in [0.15, 0.2) is 5.13 Å². The second kappa shape index (κ2) is 8.73. The summed E-state index contributed by atoms with van der Waals surface area (Å²) in [6.07, 6.45) is 1.93. The number of anilines is 1. The molecule has 1 saturated heterocycles. The van der Waals surface area contributed by atoms with E-state index in [4.69, 9.17) is 4.74 Å². The molecule has 1 N–H and O–H groups in total. The summed E-state index contributed by atoms with van der Waals surface area (Å²) in [6.45, 7) is 8.47. The highest BCUT2D eigenvalue weighted by molar-refractivity contribution is 7.13. The molecule has 1 aromatic carbocycles. The van der Waals surface area contributed by atoms with Crippen molar-refractivity contribution in [2.45, 2.75) is 39.5 Å². The molecule has 5 nitrogen and oxygen atoms in total. The van der Waals surface area contributed by atoms with Gasteiger partial charge < -0.3 is 4.74 Å². The first-order valence-electron chi connectivity index (χ1n) is 8.96. The number of halogens is 1. The van der Waals surface area contributed by atoms with Gasteiger partial charge in [-0.25, -0.2) is 9.37 Å². The summed E-state index contributed by atoms with van der Waals surface area (Å²) in [6, 6.07) is 6.07. The van der Waals surface area contributed by atoms with Gasteiger partial charge in [0.05, 0.1) is 17.9 Å². The Morgan fingerprint density at radius 2 is 2.00 bits per heavy atom. The van der Waals surface area contributed by atoms with E-state index in [0.29, 0.717) is 5.13 Å². The van der Waals surface area contributed by atoms with Crippen LogP contribution in [0.5, 0.6) is 0 Å². The average Bonchev–Trinajstić information content (AvgIpc) is 3.01. The Morgan fingerprint density at radius 1 is 1.33 bits per heavy atom. The summed E-state index contributed by atoms with van der Waals surface area (Å²) in [4.78, 5) is 19.1. The van der Waals surface area contributed by atoms with Crippen molar-refractivity contribution in [3.63, 3.8) is 0 Å². The molecule has 27 heavy (non-hydrogen) atoms. The maximum Gasteiger partial charge on any atom is 0.250 e. The smallest absolute Gasteiger partial charge is 0.250 e. The van der Waals surface area contributed by atoms with Crippen molar-refractivity contribution in [2.24, 2.45) is 0 Å². The van der Waals surface area contributed by atoms with Crippen LogP contribution in [-0.2, 0) is 16.1 Å². The molecule has 1 aromatic heterocycles. The van der Waals surface area contributed by atoms with E-state index < -0.39 is 0 Å². The molecule has 3 rings (SSSR count). The summed E-state index contributed by atoms with van der Waals surface area (Å²) in [5.74, 6) is -0.540. The number of thiazole rings is 1. The highest BCUT2D eigenvalue weighted by atomic mass is 32.1. The SMILES string of the molecule is C/C(=C/C(=O)Nc1nc(CN2CC(C)OC(C)C2)cs1)c1ccc(F)cc1. The number of allylic oxidation sites excluding steroid dienone is 1. The standard InChI is InChI=1S/C20H24FN3O2S/c1-13(16-4-6-17(21)7-5-16)8-19(25)23-20-22-18(12-27-20)11-24-9-14(2)26-15(3)10-24/h4-8,12,14-15H,9-11H2,1-3H3,(H,22,23,25)/b13-8-. The number of amides is 1. The maximum atomic E-state index is 13.0. The second-order valence-electron chi connectivity index (χ2n) is 6.92. The number of benzene rings is 1. The van der Waals surface area contributed by atoms with Gasteiger partial charge in [-0.3, -0.25) is 15.0 Å². The minimum atomic E-state index is -0.296. The van der Waals surface area contributed by atoms with E-state index in [1.807, 2.05) is 12.3 Å². The van der Waals surface area contributed by atoms with Crippen molar-refractivity contribution in [2.75, 3.05) is 18.4 Å². The van der Waals surface area contributed by atoms with Crippen LogP contribution in [0, 0.1) is 5.82 Å². The van der Waals surface area contributed by atoms with Gasteiger partial charge >= 0.3 is 0 Å². The van der Waals surface area contributed by atoms with Crippen LogP contribution in [0.2, 0.25) is 0 Å². The molecule has 0 saturated carbocycles. The Kier molecular flexibility index (Phi) is 6.36. The van der Waals surface area contributed by atoms with E-state index in [1.54, 1.807) is 12.1 Å². The number of carbonyl (C=O) groups is 1. The molecule has 1 aliphatic heterocycles. The van der Waals surface area contributed by atoms with E-state index in [0.717, 1.165) is 36.5 Å². The zero-order valence-electron chi connectivity index (χ0n) is 15.7. The molecule has 1 aliphatic rings. The highest BCUT2D eigenvalue weighted by Gasteiger charge is 2.22. The molecule has 0 spiro atoms. The molecule has 2 aromatic rings. The number of aromatic nitrogens is 1. The van der Waals surface area contributed by atoms with E-state index in [-0.39, 0.29) is 23.9 Å². The van der Waals surface area contributed by atoms with Crippen LogP contribution in [0.3, 0.4) is 0 Å². The minimum Gasteiger partial charge on any atom is -0.373 e. The Bertz CT molecular complexity index is 809. The fourth-order valence-corrected chi connectivity index (χ4v) is 3.92. The first-order chi connectivity index (χ1) is 12.9. The third-order valence-corrected chi connectivity index (χ3v) is 5.12. The van der Waals surface area contributed by atoms with Gasteiger partial charge in [0.25, 0.3) is 0 Å². The van der Waals surface area contributed by atoms with Crippen molar-refractivity contribution in [3.05, 3.63) is 52.8 Å². The molecule has 0 aliphatic carbocycles. The first kappa shape index (κ1) is 19.7. The van der Waals surface area contributed by atoms with Gasteiger partial charge in [0.2, 0.25) is 5.91 Å². The van der Waals surface area contributed by atoms with Crippen LogP contribution >= 0.6 is 11.3 Å². The van der Waals surface area contributed by atoms with Gasteiger partial charge in [-0.1, -0.05) is 12.1 Å². The largest absolute Gasteiger partial charge is 0.373 e. The van der Waals surface area contributed by atoms with Gasteiger partial charge in [-0.05, 0) is 44.0 Å². The summed E-state index contributed by atoms with van der Waals surface area (Å²) in [7, 11) is 0. The zero-order valence-corrected chi connectivity index (χ0v) is 16.6. The number of ether oxygens (including phenoxy) is 1. The van der Waals surface area contributed by atoms with Crippen LogP contribution in [0.1, 0.15) is 32.0 Å². The summed E-state index contributed by atoms with van der Waals surface area (Å²) >= 11 is 1.41. The Morgan fingerprint density at radius 3 is 2.67 bits per heavy atom. The third kappa shape index (κ3) is 5.69. The molecule has 1 amide bonds. The van der Waals surface area contributed by atoms with E-state index in [2.05, 4.69) is 29.0 Å². The lowest BCUT2D eigenvalue weighted by molar-refractivity contribution is -0.111. The third-order valence-electron chi connectivity index (χ3n) is 4.31. The molecule has 1 fully saturated rings. The number of hydrogen-bond acceptors (Lipinski definition) is 5. The first-order valence-corrected chi connectivity index (χ1v) is 9.84. The highest BCUT2D eigenvalue weighted by Crippen LogP contribution is 2.20. The second-order valence-corrected chi connectivity index (χ2v) is 7.78. The monoisotopic (exact) mass is 389 g/mol. The van der Waals surface area contributed by atoms with Gasteiger partial charge in [0, 0.05) is 31.1 Å². The zero-order chi connectivity index (χ0) is 19.4. The maximum absolute atomic E-state index is 13.0. The summed E-state index contributed by atoms with van der Waals surface area (Å²) in [5, 5.41) is 5.35. The number of carbonyl (C=O) groups excluding carboxylic acids is 1. The molecular weight excluding hydrogens is 365 g/mol. The van der Waals surface area contributed by atoms with Crippen molar-refractivity contribution >= 4 is 27.9 Å². The van der Waals surface area contributed by atoms with Gasteiger partial charge in [-0.15, -0.1) is 11.3 Å². The van der Waals surface area contributed by atoms with Crippen LogP contribution in [0.4, 0.5) is 9.52 Å². The van der Waals surface area contributed by atoms with E-state index in [1.165, 1.54) is 29.5 Å². The van der Waals surface area contributed by atoms with Crippen molar-refractivity contribution in [1.29, 1.82) is 0 Å². The van der Waals surface area contributed by atoms with E-state index >= 15 is 0 Å². The predicted octanol–water partition coefficient (Wildman–Crippen LogP) is 3.93. The number of rotatable bonds is 5. The number of nitrogens with zero attached hydrogens (tertiary/aromatic N) is 2. The normalized spacial score (nSPS) is 21.3. The van der Waals surface area contributed by atoms with Crippen molar-refractivity contribution in [3.8, 4) is 0 Å². The number of morpholine rings is 1. The summed E-state index contributed by atoms with van der Waals surface area (Å²) < 4.78 is 18.7. The molecule has 144 valence electrons. The van der Waals surface area contributed by atoms with Crippen molar-refractivity contribution < 1.29 is 13.9 Å². The van der Waals surface area contributed by atoms with Gasteiger partial charge in [0.1, 0.15) is 5.82 Å². The fourth-order valence-electron chi connectivity index (χ4n) is 3.21. The molecule has 2 heterocycles. The Balaban J connectivity index is 1.57. The molecule has 2 unspecified atom stereocenters. The van der Waals surface area contributed by atoms with Crippen LogP contribution in [-0.4, -0.2) is 41.1 Å². The number of nitrogens with one attached hydrogen (secondary N) is 1. The lowest BCUT2D eigenvalue weighted by Gasteiger charge is -2.34. The van der Waals surface area contributed by atoms with Crippen molar-refractivity contribution in [1.82, 2.24) is 9.88 Å². The van der Waals surface area contributed by atoms with Crippen LogP contribution in [0.25, 0.3) is 5.57 Å². The van der Waals surface area contributed by atoms with Crippen LogP contribution in [0.15, 0.2) is 35.7 Å². The topological polar surface area (TPSA) is 54.5 Å². The molecule has 0 bridgehead atoms. The fraction of sp³-hybridized carbons (Fsp3) is 0.400. The molecule has 0 radical (unpaired) electrons. The number of hydrogen-bond donors (Lipinski definition) is 1. The molecule has 7 heteroatoms. The predicted molar refractivity (Wildman–Crippen MR) is 106 cm³/mol. The van der Waals surface area contributed by atoms with Crippen LogP contribution < -0.4 is 5.32 Å². The quantitative estimate of drug-likeness (QED) is 0.787.